The summed E-state index contributed by atoms with van der Waals surface area (Å²) in [7, 11) is 2.02. The van der Waals surface area contributed by atoms with Crippen molar-refractivity contribution in [3.05, 3.63) is 90.7 Å². The molecule has 0 aliphatic rings. The third-order valence-corrected chi connectivity index (χ3v) is 4.46. The Morgan fingerprint density at radius 2 is 1.85 bits per heavy atom. The fourth-order valence-electron chi connectivity index (χ4n) is 3.09. The molecule has 0 aliphatic heterocycles. The average Bonchev–Trinajstić information content (AvgIpc) is 3.00. The van der Waals surface area contributed by atoms with E-state index < -0.39 is 0 Å². The van der Waals surface area contributed by atoms with Crippen molar-refractivity contribution in [1.29, 1.82) is 0 Å². The zero-order valence-electron chi connectivity index (χ0n) is 15.1. The second kappa shape index (κ2) is 8.34. The number of carbonyl (C=O) groups is 1. The molecule has 3 aromatic rings. The van der Waals surface area contributed by atoms with Gasteiger partial charge in [-0.15, -0.1) is 6.58 Å². The van der Waals surface area contributed by atoms with E-state index in [2.05, 4.69) is 29.5 Å². The number of rotatable bonds is 7. The summed E-state index contributed by atoms with van der Waals surface area (Å²) in [5.41, 5.74) is 3.34. The summed E-state index contributed by atoms with van der Waals surface area (Å²) < 4.78 is 2.08. The number of benzene rings is 2. The zero-order chi connectivity index (χ0) is 18.4. The largest absolute Gasteiger partial charge is 0.350 e. The molecule has 0 bridgehead atoms. The predicted octanol–water partition coefficient (Wildman–Crippen LogP) is 4.80. The number of fused-ring (bicyclic) bond motifs is 1. The quantitative estimate of drug-likeness (QED) is 0.446. The first-order chi connectivity index (χ1) is 12.7. The number of para-hydroxylation sites is 1. The number of hydrogen-bond acceptors (Lipinski definition) is 1. The molecule has 1 heterocycles. The molecule has 0 saturated heterocycles. The van der Waals surface area contributed by atoms with Gasteiger partial charge in [-0.2, -0.15) is 0 Å². The highest BCUT2D eigenvalue weighted by atomic mass is 16.2. The predicted molar refractivity (Wildman–Crippen MR) is 109 cm³/mol. The number of hydrogen-bond donors (Lipinski definition) is 0. The minimum Gasteiger partial charge on any atom is -0.350 e. The SMILES string of the molecule is C=CCCN(Cc1ccccc1)C(=O)/C=C/c1cn(C)c2ccccc12. The fourth-order valence-corrected chi connectivity index (χ4v) is 3.09. The summed E-state index contributed by atoms with van der Waals surface area (Å²) in [6, 6.07) is 18.3. The summed E-state index contributed by atoms with van der Waals surface area (Å²) in [4.78, 5) is 14.6. The Morgan fingerprint density at radius 1 is 1.12 bits per heavy atom. The number of amides is 1. The summed E-state index contributed by atoms with van der Waals surface area (Å²) in [5, 5.41) is 1.15. The lowest BCUT2D eigenvalue weighted by Crippen LogP contribution is -2.29. The number of aromatic nitrogens is 1. The molecule has 132 valence electrons. The van der Waals surface area contributed by atoms with Crippen LogP contribution in [0.25, 0.3) is 17.0 Å². The van der Waals surface area contributed by atoms with Crippen LogP contribution in [0.5, 0.6) is 0 Å². The Bertz CT molecular complexity index is 922. The molecule has 0 saturated carbocycles. The van der Waals surface area contributed by atoms with E-state index in [1.54, 1.807) is 6.08 Å². The molecule has 0 spiro atoms. The number of aryl methyl sites for hydroxylation is 1. The molecule has 0 unspecified atom stereocenters. The van der Waals surface area contributed by atoms with E-state index in [4.69, 9.17) is 0 Å². The second-order valence-corrected chi connectivity index (χ2v) is 6.37. The maximum atomic E-state index is 12.8. The molecular weight excluding hydrogens is 320 g/mol. The zero-order valence-corrected chi connectivity index (χ0v) is 15.1. The Balaban J connectivity index is 1.79. The lowest BCUT2D eigenvalue weighted by Gasteiger charge is -2.20. The summed E-state index contributed by atoms with van der Waals surface area (Å²) in [6.45, 7) is 5.04. The molecule has 3 heteroatoms. The van der Waals surface area contributed by atoms with Crippen molar-refractivity contribution >= 4 is 22.9 Å². The van der Waals surface area contributed by atoms with Gasteiger partial charge in [0.1, 0.15) is 0 Å². The van der Waals surface area contributed by atoms with Gasteiger partial charge in [-0.1, -0.05) is 54.6 Å². The smallest absolute Gasteiger partial charge is 0.246 e. The van der Waals surface area contributed by atoms with Gasteiger partial charge in [0.25, 0.3) is 0 Å². The highest BCUT2D eigenvalue weighted by Crippen LogP contribution is 2.21. The van der Waals surface area contributed by atoms with Gasteiger partial charge < -0.3 is 9.47 Å². The molecule has 2 aromatic carbocycles. The minimum atomic E-state index is 0.0173. The molecular formula is C23H24N2O. The number of carbonyl (C=O) groups excluding carboxylic acids is 1. The van der Waals surface area contributed by atoms with Gasteiger partial charge in [0.05, 0.1) is 0 Å². The van der Waals surface area contributed by atoms with Crippen LogP contribution in [-0.4, -0.2) is 21.9 Å². The van der Waals surface area contributed by atoms with Crippen molar-refractivity contribution in [3.8, 4) is 0 Å². The molecule has 3 nitrogen and oxygen atoms in total. The first-order valence-electron chi connectivity index (χ1n) is 8.85. The van der Waals surface area contributed by atoms with Crippen LogP contribution >= 0.6 is 0 Å². The molecule has 0 fully saturated rings. The van der Waals surface area contributed by atoms with E-state index in [0.717, 1.165) is 28.5 Å². The maximum absolute atomic E-state index is 12.8. The van der Waals surface area contributed by atoms with E-state index in [-0.39, 0.29) is 5.91 Å². The van der Waals surface area contributed by atoms with Crippen LogP contribution in [0.4, 0.5) is 0 Å². The van der Waals surface area contributed by atoms with E-state index >= 15 is 0 Å². The highest BCUT2D eigenvalue weighted by molar-refractivity contribution is 5.96. The van der Waals surface area contributed by atoms with Crippen LogP contribution < -0.4 is 0 Å². The van der Waals surface area contributed by atoms with Crippen molar-refractivity contribution in [2.45, 2.75) is 13.0 Å². The van der Waals surface area contributed by atoms with Crippen molar-refractivity contribution in [1.82, 2.24) is 9.47 Å². The topological polar surface area (TPSA) is 25.2 Å². The Labute approximate surface area is 154 Å². The first kappa shape index (κ1) is 17.7. The normalized spacial score (nSPS) is 11.1. The van der Waals surface area contributed by atoms with Crippen molar-refractivity contribution < 1.29 is 4.79 Å². The molecule has 1 aromatic heterocycles. The van der Waals surface area contributed by atoms with Crippen molar-refractivity contribution in [3.63, 3.8) is 0 Å². The molecule has 3 rings (SSSR count). The van der Waals surface area contributed by atoms with E-state index in [0.29, 0.717) is 13.1 Å². The Hall–Kier alpha value is -3.07. The Morgan fingerprint density at radius 3 is 2.62 bits per heavy atom. The summed E-state index contributed by atoms with van der Waals surface area (Å²) >= 11 is 0. The van der Waals surface area contributed by atoms with Crippen LogP contribution in [-0.2, 0) is 18.4 Å². The van der Waals surface area contributed by atoms with Gasteiger partial charge >= 0.3 is 0 Å². The highest BCUT2D eigenvalue weighted by Gasteiger charge is 2.11. The van der Waals surface area contributed by atoms with Gasteiger partial charge in [-0.05, 0) is 24.1 Å². The molecule has 0 radical (unpaired) electrons. The first-order valence-corrected chi connectivity index (χ1v) is 8.85. The molecule has 0 atom stereocenters. The van der Waals surface area contributed by atoms with E-state index in [9.17, 15) is 4.79 Å². The van der Waals surface area contributed by atoms with Crippen LogP contribution in [0.15, 0.2) is 79.5 Å². The van der Waals surface area contributed by atoms with Crippen LogP contribution in [0.1, 0.15) is 17.5 Å². The Kier molecular flexibility index (Phi) is 5.69. The fraction of sp³-hybridized carbons (Fsp3) is 0.174. The van der Waals surface area contributed by atoms with Gasteiger partial charge in [0.15, 0.2) is 0 Å². The molecule has 0 N–H and O–H groups in total. The van der Waals surface area contributed by atoms with Crippen LogP contribution in [0.2, 0.25) is 0 Å². The summed E-state index contributed by atoms with van der Waals surface area (Å²) in [5.74, 6) is 0.0173. The van der Waals surface area contributed by atoms with Gasteiger partial charge in [0.2, 0.25) is 5.91 Å². The van der Waals surface area contributed by atoms with Crippen LogP contribution in [0.3, 0.4) is 0 Å². The third kappa shape index (κ3) is 4.12. The van der Waals surface area contributed by atoms with Gasteiger partial charge in [0, 0.05) is 48.9 Å². The molecule has 26 heavy (non-hydrogen) atoms. The van der Waals surface area contributed by atoms with Gasteiger partial charge in [-0.25, -0.2) is 0 Å². The minimum absolute atomic E-state index is 0.0173. The summed E-state index contributed by atoms with van der Waals surface area (Å²) in [6.07, 6.45) is 8.27. The standard InChI is InChI=1S/C23H24N2O/c1-3-4-16-25(17-19-10-6-5-7-11-19)23(26)15-14-20-18-24(2)22-13-9-8-12-21(20)22/h3,5-15,18H,1,4,16-17H2,2H3/b15-14+. The number of nitrogens with zero attached hydrogens (tertiary/aromatic N) is 2. The molecule has 1 amide bonds. The van der Waals surface area contributed by atoms with Crippen molar-refractivity contribution in [2.75, 3.05) is 6.54 Å². The maximum Gasteiger partial charge on any atom is 0.246 e. The third-order valence-electron chi connectivity index (χ3n) is 4.46. The van der Waals surface area contributed by atoms with E-state index in [1.807, 2.05) is 66.6 Å². The lowest BCUT2D eigenvalue weighted by molar-refractivity contribution is -0.126. The van der Waals surface area contributed by atoms with Gasteiger partial charge in [-0.3, -0.25) is 4.79 Å². The monoisotopic (exact) mass is 344 g/mol. The second-order valence-electron chi connectivity index (χ2n) is 6.37. The molecule has 0 aliphatic carbocycles. The average molecular weight is 344 g/mol. The van der Waals surface area contributed by atoms with Crippen LogP contribution in [0, 0.1) is 0 Å². The lowest BCUT2D eigenvalue weighted by atomic mass is 10.1. The van der Waals surface area contributed by atoms with E-state index in [1.165, 1.54) is 0 Å². The van der Waals surface area contributed by atoms with Crippen molar-refractivity contribution in [2.24, 2.45) is 7.05 Å².